The molecule has 6 nitrogen and oxygen atoms in total. The second kappa shape index (κ2) is 5.50. The average molecular weight is 190 g/mol. The highest BCUT2D eigenvalue weighted by Crippen LogP contribution is 1.93. The van der Waals surface area contributed by atoms with Gasteiger partial charge in [-0.05, 0) is 6.92 Å². The van der Waals surface area contributed by atoms with Gasteiger partial charge in [0.05, 0.1) is 0 Å². The van der Waals surface area contributed by atoms with Crippen molar-refractivity contribution >= 4 is 11.8 Å². The number of carbonyl (C=O) groups excluding carboxylic acids is 2. The van der Waals surface area contributed by atoms with Crippen LogP contribution in [0.1, 0.15) is 6.92 Å². The number of hydrogen-bond donors (Lipinski definition) is 4. The minimum atomic E-state index is -1.73. The summed E-state index contributed by atoms with van der Waals surface area (Å²) in [5.41, 5.74) is 0. The van der Waals surface area contributed by atoms with E-state index in [1.54, 1.807) is 6.92 Å². The van der Waals surface area contributed by atoms with Gasteiger partial charge in [-0.3, -0.25) is 9.59 Å². The molecule has 0 aliphatic carbocycles. The zero-order chi connectivity index (χ0) is 10.4. The molecule has 0 saturated heterocycles. The van der Waals surface area contributed by atoms with Crippen molar-refractivity contribution in [3.63, 3.8) is 0 Å². The molecule has 0 aromatic carbocycles. The molecule has 0 rings (SSSR count). The highest BCUT2D eigenvalue weighted by atomic mass is 16.3. The fourth-order valence-electron chi connectivity index (χ4n) is 0.713. The Labute approximate surface area is 75.9 Å². The van der Waals surface area contributed by atoms with Gasteiger partial charge in [0.25, 0.3) is 11.8 Å². The van der Waals surface area contributed by atoms with Gasteiger partial charge in [0, 0.05) is 13.6 Å². The van der Waals surface area contributed by atoms with E-state index in [2.05, 4.69) is 10.6 Å². The normalized spacial score (nSPS) is 14.5. The number of aliphatic hydroxyl groups excluding tert-OH is 2. The van der Waals surface area contributed by atoms with Crippen molar-refractivity contribution < 1.29 is 19.8 Å². The highest BCUT2D eigenvalue weighted by molar-refractivity contribution is 5.90. The van der Waals surface area contributed by atoms with Gasteiger partial charge in [0.1, 0.15) is 0 Å². The topological polar surface area (TPSA) is 98.7 Å². The van der Waals surface area contributed by atoms with Crippen molar-refractivity contribution in [1.29, 1.82) is 0 Å². The lowest BCUT2D eigenvalue weighted by Crippen LogP contribution is -2.48. The molecular weight excluding hydrogens is 176 g/mol. The third kappa shape index (κ3) is 3.39. The fraction of sp³-hybridized carbons (Fsp3) is 0.714. The van der Waals surface area contributed by atoms with Crippen molar-refractivity contribution in [2.45, 2.75) is 19.1 Å². The third-order valence-electron chi connectivity index (χ3n) is 1.43. The molecule has 0 unspecified atom stereocenters. The largest absolute Gasteiger partial charge is 0.380 e. The number of amides is 2. The van der Waals surface area contributed by atoms with Crippen LogP contribution in [0.15, 0.2) is 0 Å². The van der Waals surface area contributed by atoms with Crippen molar-refractivity contribution in [2.75, 3.05) is 13.6 Å². The van der Waals surface area contributed by atoms with Crippen LogP contribution < -0.4 is 10.6 Å². The summed E-state index contributed by atoms with van der Waals surface area (Å²) >= 11 is 0. The summed E-state index contributed by atoms with van der Waals surface area (Å²) in [6.45, 7) is 1.99. The van der Waals surface area contributed by atoms with E-state index in [4.69, 9.17) is 10.2 Å². The molecule has 0 bridgehead atoms. The Kier molecular flexibility index (Phi) is 5.01. The summed E-state index contributed by atoms with van der Waals surface area (Å²) in [4.78, 5) is 21.7. The Bertz CT molecular complexity index is 195. The molecule has 0 fully saturated rings. The summed E-state index contributed by atoms with van der Waals surface area (Å²) in [6.07, 6.45) is -3.45. The van der Waals surface area contributed by atoms with Crippen LogP contribution in [0.3, 0.4) is 0 Å². The van der Waals surface area contributed by atoms with Crippen molar-refractivity contribution in [1.82, 2.24) is 10.6 Å². The van der Waals surface area contributed by atoms with Gasteiger partial charge in [-0.1, -0.05) is 0 Å². The van der Waals surface area contributed by atoms with Crippen LogP contribution in [-0.2, 0) is 9.59 Å². The summed E-state index contributed by atoms with van der Waals surface area (Å²) in [6, 6.07) is 0. The van der Waals surface area contributed by atoms with Crippen LogP contribution in [0.2, 0.25) is 0 Å². The summed E-state index contributed by atoms with van der Waals surface area (Å²) in [5, 5.41) is 22.5. The lowest BCUT2D eigenvalue weighted by Gasteiger charge is -2.15. The molecule has 0 heterocycles. The first-order valence-corrected chi connectivity index (χ1v) is 3.90. The van der Waals surface area contributed by atoms with Crippen LogP contribution in [0.4, 0.5) is 0 Å². The monoisotopic (exact) mass is 190 g/mol. The number of nitrogens with one attached hydrogen (secondary N) is 2. The molecule has 0 aliphatic heterocycles. The maximum atomic E-state index is 10.9. The van der Waals surface area contributed by atoms with Crippen LogP contribution in [-0.4, -0.2) is 47.8 Å². The van der Waals surface area contributed by atoms with E-state index < -0.39 is 24.0 Å². The maximum absolute atomic E-state index is 10.9. The summed E-state index contributed by atoms with van der Waals surface area (Å²) < 4.78 is 0. The molecule has 2 atom stereocenters. The molecule has 0 aliphatic rings. The number of aliphatic hydroxyl groups is 2. The van der Waals surface area contributed by atoms with Crippen molar-refractivity contribution in [3.05, 3.63) is 0 Å². The molecule has 6 heteroatoms. The third-order valence-corrected chi connectivity index (χ3v) is 1.43. The van der Waals surface area contributed by atoms with E-state index in [0.717, 1.165) is 0 Å². The molecular formula is C7H14N2O4. The standard InChI is InChI=1S/C7H14N2O4/c1-3-9-7(13)5(11)4(10)6(12)8-2/h4-5,10-11H,3H2,1-2H3,(H,8,12)(H,9,13)/t4-,5+/m0/s1. The van der Waals surface area contributed by atoms with E-state index >= 15 is 0 Å². The van der Waals surface area contributed by atoms with E-state index in [1.165, 1.54) is 7.05 Å². The average Bonchev–Trinajstić information content (AvgIpc) is 2.14. The lowest BCUT2D eigenvalue weighted by atomic mass is 10.2. The van der Waals surface area contributed by atoms with E-state index in [9.17, 15) is 9.59 Å². The molecule has 0 radical (unpaired) electrons. The van der Waals surface area contributed by atoms with Gasteiger partial charge in [-0.2, -0.15) is 0 Å². The first-order chi connectivity index (χ1) is 6.04. The van der Waals surface area contributed by atoms with Gasteiger partial charge in [-0.15, -0.1) is 0 Å². The summed E-state index contributed by atoms with van der Waals surface area (Å²) in [7, 11) is 1.30. The van der Waals surface area contributed by atoms with Crippen molar-refractivity contribution in [3.8, 4) is 0 Å². The number of hydrogen-bond acceptors (Lipinski definition) is 4. The lowest BCUT2D eigenvalue weighted by molar-refractivity contribution is -0.145. The highest BCUT2D eigenvalue weighted by Gasteiger charge is 2.28. The van der Waals surface area contributed by atoms with Crippen LogP contribution >= 0.6 is 0 Å². The molecule has 13 heavy (non-hydrogen) atoms. The Hall–Kier alpha value is -1.14. The van der Waals surface area contributed by atoms with Crippen LogP contribution in [0, 0.1) is 0 Å². The van der Waals surface area contributed by atoms with Gasteiger partial charge in [0.15, 0.2) is 12.2 Å². The second-order valence-electron chi connectivity index (χ2n) is 2.40. The zero-order valence-corrected chi connectivity index (χ0v) is 7.57. The first-order valence-electron chi connectivity index (χ1n) is 3.90. The Morgan fingerprint density at radius 1 is 1.23 bits per heavy atom. The van der Waals surface area contributed by atoms with Crippen molar-refractivity contribution in [2.24, 2.45) is 0 Å². The van der Waals surface area contributed by atoms with E-state index in [-0.39, 0.29) is 0 Å². The number of likely N-dealkylation sites (N-methyl/N-ethyl adjacent to an activating group) is 2. The minimum Gasteiger partial charge on any atom is -0.380 e. The Morgan fingerprint density at radius 2 is 1.69 bits per heavy atom. The quantitative estimate of drug-likeness (QED) is 0.397. The predicted molar refractivity (Wildman–Crippen MR) is 44.8 cm³/mol. The second-order valence-corrected chi connectivity index (χ2v) is 2.40. The van der Waals surface area contributed by atoms with Gasteiger partial charge in [0.2, 0.25) is 0 Å². The van der Waals surface area contributed by atoms with E-state index in [1.807, 2.05) is 0 Å². The maximum Gasteiger partial charge on any atom is 0.252 e. The van der Waals surface area contributed by atoms with Crippen LogP contribution in [0.25, 0.3) is 0 Å². The number of carbonyl (C=O) groups is 2. The minimum absolute atomic E-state index is 0.330. The van der Waals surface area contributed by atoms with E-state index in [0.29, 0.717) is 6.54 Å². The van der Waals surface area contributed by atoms with Gasteiger partial charge in [-0.25, -0.2) is 0 Å². The smallest absolute Gasteiger partial charge is 0.252 e. The summed E-state index contributed by atoms with van der Waals surface area (Å²) in [5.74, 6) is -1.56. The molecule has 4 N–H and O–H groups in total. The molecule has 0 saturated carbocycles. The van der Waals surface area contributed by atoms with Gasteiger partial charge < -0.3 is 20.8 Å². The SMILES string of the molecule is CCNC(=O)[C@H](O)[C@H](O)C(=O)NC. The molecule has 0 aromatic heterocycles. The zero-order valence-electron chi connectivity index (χ0n) is 7.57. The fourth-order valence-corrected chi connectivity index (χ4v) is 0.713. The Balaban J connectivity index is 4.16. The molecule has 0 aromatic rings. The first kappa shape index (κ1) is 11.9. The molecule has 2 amide bonds. The number of rotatable bonds is 4. The Morgan fingerprint density at radius 3 is 2.08 bits per heavy atom. The molecule has 0 spiro atoms. The van der Waals surface area contributed by atoms with Crippen LogP contribution in [0.5, 0.6) is 0 Å². The van der Waals surface area contributed by atoms with Gasteiger partial charge >= 0.3 is 0 Å². The molecule has 76 valence electrons. The predicted octanol–water partition coefficient (Wildman–Crippen LogP) is -2.41.